The third-order valence-corrected chi connectivity index (χ3v) is 6.14. The summed E-state index contributed by atoms with van der Waals surface area (Å²) in [6.07, 6.45) is 3.75. The zero-order valence-electron chi connectivity index (χ0n) is 12.3. The first kappa shape index (κ1) is 13.5. The monoisotopic (exact) mass is 279 g/mol. The Bertz CT molecular complexity index is 437. The highest BCUT2D eigenvalue weighted by molar-refractivity contribution is 7.11. The van der Waals surface area contributed by atoms with Gasteiger partial charge in [-0.1, -0.05) is 6.92 Å². The van der Waals surface area contributed by atoms with E-state index in [1.165, 1.54) is 54.5 Å². The van der Waals surface area contributed by atoms with Crippen LogP contribution >= 0.6 is 11.3 Å². The fourth-order valence-corrected chi connectivity index (χ4v) is 4.77. The molecule has 19 heavy (non-hydrogen) atoms. The Morgan fingerprint density at radius 1 is 1.42 bits per heavy atom. The summed E-state index contributed by atoms with van der Waals surface area (Å²) in [5.41, 5.74) is 1.38. The van der Waals surface area contributed by atoms with E-state index in [9.17, 15) is 0 Å². The number of hydrogen-bond donors (Lipinski definition) is 1. The van der Waals surface area contributed by atoms with Crippen molar-refractivity contribution in [3.63, 3.8) is 0 Å². The third kappa shape index (κ3) is 2.24. The van der Waals surface area contributed by atoms with Gasteiger partial charge >= 0.3 is 0 Å². The minimum atomic E-state index is 0.159. The van der Waals surface area contributed by atoms with Crippen LogP contribution in [-0.2, 0) is 5.54 Å². The molecule has 2 aliphatic rings. The van der Waals surface area contributed by atoms with Crippen LogP contribution in [-0.4, -0.2) is 36.1 Å². The molecule has 2 fully saturated rings. The molecule has 4 heteroatoms. The number of aromatic nitrogens is 1. The summed E-state index contributed by atoms with van der Waals surface area (Å²) >= 11 is 1.92. The van der Waals surface area contributed by atoms with Crippen LogP contribution in [0.25, 0.3) is 0 Å². The Labute approximate surface area is 120 Å². The highest BCUT2D eigenvalue weighted by Gasteiger charge is 2.48. The van der Waals surface area contributed by atoms with Crippen molar-refractivity contribution in [2.45, 2.75) is 45.6 Å². The van der Waals surface area contributed by atoms with Crippen molar-refractivity contribution in [3.05, 3.63) is 15.6 Å². The average molecular weight is 279 g/mol. The number of nitrogens with zero attached hydrogens (tertiary/aromatic N) is 2. The lowest BCUT2D eigenvalue weighted by Gasteiger charge is -2.42. The quantitative estimate of drug-likeness (QED) is 0.918. The van der Waals surface area contributed by atoms with Crippen molar-refractivity contribution in [2.24, 2.45) is 5.92 Å². The third-order valence-electron chi connectivity index (χ3n) is 4.89. The molecule has 3 nitrogen and oxygen atoms in total. The van der Waals surface area contributed by atoms with Gasteiger partial charge in [0.05, 0.1) is 11.2 Å². The molecule has 3 unspecified atom stereocenters. The van der Waals surface area contributed by atoms with E-state index in [0.717, 1.165) is 12.5 Å². The van der Waals surface area contributed by atoms with Crippen LogP contribution in [0.15, 0.2) is 0 Å². The van der Waals surface area contributed by atoms with Gasteiger partial charge in [-0.3, -0.25) is 0 Å². The Morgan fingerprint density at radius 2 is 2.26 bits per heavy atom. The van der Waals surface area contributed by atoms with E-state index < -0.39 is 0 Å². The van der Waals surface area contributed by atoms with Crippen molar-refractivity contribution in [2.75, 3.05) is 26.2 Å². The summed E-state index contributed by atoms with van der Waals surface area (Å²) in [6, 6.07) is 0. The molecule has 2 aliphatic heterocycles. The lowest BCUT2D eigenvalue weighted by molar-refractivity contribution is 0.129. The van der Waals surface area contributed by atoms with Gasteiger partial charge < -0.3 is 10.2 Å². The van der Waals surface area contributed by atoms with Crippen LogP contribution in [0.2, 0.25) is 0 Å². The first-order valence-corrected chi connectivity index (χ1v) is 8.39. The van der Waals surface area contributed by atoms with Gasteiger partial charge in [-0.25, -0.2) is 4.98 Å². The topological polar surface area (TPSA) is 28.2 Å². The van der Waals surface area contributed by atoms with E-state index in [2.05, 4.69) is 31.0 Å². The molecule has 0 spiro atoms. The van der Waals surface area contributed by atoms with E-state index in [1.54, 1.807) is 0 Å². The molecule has 3 rings (SSSR count). The highest BCUT2D eigenvalue weighted by Crippen LogP contribution is 2.44. The van der Waals surface area contributed by atoms with E-state index in [0.29, 0.717) is 0 Å². The smallest absolute Gasteiger partial charge is 0.114 e. The van der Waals surface area contributed by atoms with Gasteiger partial charge in [-0.05, 0) is 52.1 Å². The van der Waals surface area contributed by atoms with Gasteiger partial charge in [-0.15, -0.1) is 11.3 Å². The molecule has 1 aromatic rings. The van der Waals surface area contributed by atoms with Crippen LogP contribution in [0, 0.1) is 19.8 Å². The number of piperidine rings is 1. The summed E-state index contributed by atoms with van der Waals surface area (Å²) in [5.74, 6) is 0.748. The largest absolute Gasteiger partial charge is 0.305 e. The number of fused-ring (bicyclic) bond motifs is 2. The molecule has 3 atom stereocenters. The standard InChI is InChI=1S/C15H25N3S/c1-4-7-16-15(14-17-11(2)12(3)19-14)6-9-18-8-5-13(15)10-18/h13,16H,4-10H2,1-3H3. The maximum atomic E-state index is 4.91. The second kappa shape index (κ2) is 5.15. The SMILES string of the molecule is CCCNC1(c2nc(C)c(C)s2)CCN2CCC1C2. The molecule has 0 aliphatic carbocycles. The van der Waals surface area contributed by atoms with Gasteiger partial charge in [0.2, 0.25) is 0 Å². The van der Waals surface area contributed by atoms with Gasteiger partial charge in [0, 0.05) is 18.0 Å². The van der Waals surface area contributed by atoms with Crippen molar-refractivity contribution >= 4 is 11.3 Å². The Kier molecular flexibility index (Phi) is 3.67. The van der Waals surface area contributed by atoms with Crippen LogP contribution in [0.5, 0.6) is 0 Å². The summed E-state index contributed by atoms with van der Waals surface area (Å²) in [5, 5.41) is 5.24. The second-order valence-corrected chi connectivity index (χ2v) is 7.30. The lowest BCUT2D eigenvalue weighted by atomic mass is 9.79. The van der Waals surface area contributed by atoms with Crippen molar-refractivity contribution in [3.8, 4) is 0 Å². The Hall–Kier alpha value is -0.450. The van der Waals surface area contributed by atoms with Crippen molar-refractivity contribution < 1.29 is 0 Å². The minimum Gasteiger partial charge on any atom is -0.305 e. The Morgan fingerprint density at radius 3 is 2.95 bits per heavy atom. The molecule has 0 saturated carbocycles. The molecule has 0 radical (unpaired) electrons. The van der Waals surface area contributed by atoms with E-state index in [-0.39, 0.29) is 5.54 Å². The first-order valence-electron chi connectivity index (χ1n) is 7.57. The fourth-order valence-electron chi connectivity index (χ4n) is 3.58. The predicted molar refractivity (Wildman–Crippen MR) is 80.7 cm³/mol. The van der Waals surface area contributed by atoms with Gasteiger partial charge in [-0.2, -0.15) is 0 Å². The number of aryl methyl sites for hydroxylation is 2. The van der Waals surface area contributed by atoms with Gasteiger partial charge in [0.1, 0.15) is 5.01 Å². The maximum absolute atomic E-state index is 4.91. The van der Waals surface area contributed by atoms with E-state index in [4.69, 9.17) is 4.98 Å². The number of thiazole rings is 1. The van der Waals surface area contributed by atoms with Crippen molar-refractivity contribution in [1.29, 1.82) is 0 Å². The molecular weight excluding hydrogens is 254 g/mol. The van der Waals surface area contributed by atoms with Crippen molar-refractivity contribution in [1.82, 2.24) is 15.2 Å². The van der Waals surface area contributed by atoms with Crippen LogP contribution in [0.1, 0.15) is 41.8 Å². The molecular formula is C15H25N3S. The lowest BCUT2D eigenvalue weighted by Crippen LogP contribution is -2.53. The molecule has 1 N–H and O–H groups in total. The zero-order chi connectivity index (χ0) is 13.5. The number of nitrogens with one attached hydrogen (secondary N) is 1. The molecule has 2 bridgehead atoms. The second-order valence-electron chi connectivity index (χ2n) is 6.09. The number of rotatable bonds is 4. The summed E-state index contributed by atoms with van der Waals surface area (Å²) in [6.45, 7) is 11.5. The highest BCUT2D eigenvalue weighted by atomic mass is 32.1. The molecule has 0 aromatic carbocycles. The van der Waals surface area contributed by atoms with Gasteiger partial charge in [0.15, 0.2) is 0 Å². The molecule has 1 aromatic heterocycles. The fraction of sp³-hybridized carbons (Fsp3) is 0.800. The van der Waals surface area contributed by atoms with Crippen LogP contribution in [0.3, 0.4) is 0 Å². The zero-order valence-corrected chi connectivity index (χ0v) is 13.1. The normalized spacial score (nSPS) is 33.8. The minimum absolute atomic E-state index is 0.159. The summed E-state index contributed by atoms with van der Waals surface area (Å²) < 4.78 is 0. The predicted octanol–water partition coefficient (Wildman–Crippen LogP) is 2.68. The average Bonchev–Trinajstić information content (AvgIpc) is 2.96. The van der Waals surface area contributed by atoms with Crippen LogP contribution < -0.4 is 5.32 Å². The summed E-state index contributed by atoms with van der Waals surface area (Å²) in [4.78, 5) is 8.91. The van der Waals surface area contributed by atoms with E-state index in [1.807, 2.05) is 11.3 Å². The first-order chi connectivity index (χ1) is 9.15. The molecule has 106 valence electrons. The molecule has 2 saturated heterocycles. The molecule has 3 heterocycles. The number of hydrogen-bond acceptors (Lipinski definition) is 4. The Balaban J connectivity index is 1.96. The maximum Gasteiger partial charge on any atom is 0.114 e. The van der Waals surface area contributed by atoms with E-state index >= 15 is 0 Å². The molecule has 0 amide bonds. The summed E-state index contributed by atoms with van der Waals surface area (Å²) in [7, 11) is 0. The van der Waals surface area contributed by atoms with Gasteiger partial charge in [0.25, 0.3) is 0 Å². The van der Waals surface area contributed by atoms with Crippen LogP contribution in [0.4, 0.5) is 0 Å².